The fourth-order valence-electron chi connectivity index (χ4n) is 3.91. The van der Waals surface area contributed by atoms with Gasteiger partial charge in [-0.05, 0) is 63.3 Å². The highest BCUT2D eigenvalue weighted by atomic mass is 16.5. The van der Waals surface area contributed by atoms with E-state index in [0.29, 0.717) is 28.7 Å². The van der Waals surface area contributed by atoms with E-state index in [1.54, 1.807) is 25.4 Å². The first-order valence-electron chi connectivity index (χ1n) is 11.1. The third kappa shape index (κ3) is 5.19. The number of benzene rings is 1. The van der Waals surface area contributed by atoms with Crippen molar-refractivity contribution in [1.82, 2.24) is 15.3 Å². The molecule has 164 valence electrons. The summed E-state index contributed by atoms with van der Waals surface area (Å²) < 4.78 is 5.53. The molecular weight excluding hydrogens is 402 g/mol. The Bertz CT molecular complexity index is 1140. The van der Waals surface area contributed by atoms with Crippen molar-refractivity contribution in [1.29, 1.82) is 0 Å². The number of amides is 1. The van der Waals surface area contributed by atoms with Crippen molar-refractivity contribution in [3.8, 4) is 11.3 Å². The molecule has 1 aliphatic rings. The molecule has 0 saturated carbocycles. The summed E-state index contributed by atoms with van der Waals surface area (Å²) in [7, 11) is 0. The molecule has 1 amide bonds. The van der Waals surface area contributed by atoms with E-state index in [2.05, 4.69) is 21.4 Å². The number of carbonyl (C=O) groups is 2. The molecule has 0 saturated heterocycles. The summed E-state index contributed by atoms with van der Waals surface area (Å²) in [5.74, 6) is -0.834. The maximum Gasteiger partial charge on any atom is 0.339 e. The van der Waals surface area contributed by atoms with E-state index in [9.17, 15) is 9.59 Å². The summed E-state index contributed by atoms with van der Waals surface area (Å²) in [5, 5.41) is 3.57. The molecule has 1 atom stereocenters. The van der Waals surface area contributed by atoms with Crippen LogP contribution in [-0.2, 0) is 9.53 Å². The Morgan fingerprint density at radius 1 is 1.12 bits per heavy atom. The van der Waals surface area contributed by atoms with Crippen LogP contribution in [-0.4, -0.2) is 34.5 Å². The maximum atomic E-state index is 13.0. The van der Waals surface area contributed by atoms with Crippen molar-refractivity contribution >= 4 is 22.8 Å². The fourth-order valence-corrected chi connectivity index (χ4v) is 3.91. The van der Waals surface area contributed by atoms with E-state index in [-0.39, 0.29) is 5.91 Å². The normalized spacial score (nSPS) is 14.5. The zero-order valence-electron chi connectivity index (χ0n) is 18.2. The lowest BCUT2D eigenvalue weighted by Crippen LogP contribution is -2.36. The predicted molar refractivity (Wildman–Crippen MR) is 124 cm³/mol. The van der Waals surface area contributed by atoms with Gasteiger partial charge in [0.1, 0.15) is 0 Å². The molecule has 2 aromatic heterocycles. The number of rotatable bonds is 7. The average molecular weight is 430 g/mol. The number of fused-ring (bicyclic) bond motifs is 1. The minimum absolute atomic E-state index is 0.289. The van der Waals surface area contributed by atoms with Crippen LogP contribution in [0.2, 0.25) is 0 Å². The molecule has 0 radical (unpaired) electrons. The fraction of sp³-hybridized carbons (Fsp3) is 0.308. The molecule has 0 fully saturated rings. The van der Waals surface area contributed by atoms with E-state index in [1.807, 2.05) is 36.4 Å². The molecule has 0 spiro atoms. The molecule has 6 heteroatoms. The molecule has 1 aliphatic carbocycles. The lowest BCUT2D eigenvalue weighted by Gasteiger charge is -2.16. The molecule has 2 heterocycles. The SMILES string of the molecule is C[C@@H](OC(=O)c1cc(-c2ccncc2)nc2ccccc12)C(=O)NCCC1=CCCCC1. The Labute approximate surface area is 187 Å². The first kappa shape index (κ1) is 21.7. The van der Waals surface area contributed by atoms with Crippen LogP contribution in [0.4, 0.5) is 0 Å². The van der Waals surface area contributed by atoms with Crippen molar-refractivity contribution in [2.24, 2.45) is 0 Å². The van der Waals surface area contributed by atoms with Gasteiger partial charge in [0.15, 0.2) is 6.10 Å². The first-order chi connectivity index (χ1) is 15.6. The number of nitrogens with zero attached hydrogens (tertiary/aromatic N) is 2. The zero-order valence-corrected chi connectivity index (χ0v) is 18.2. The number of hydrogen-bond acceptors (Lipinski definition) is 5. The Morgan fingerprint density at radius 3 is 2.72 bits per heavy atom. The minimum Gasteiger partial charge on any atom is -0.449 e. The van der Waals surface area contributed by atoms with Gasteiger partial charge < -0.3 is 10.1 Å². The number of pyridine rings is 2. The predicted octanol–water partition coefficient (Wildman–Crippen LogP) is 4.85. The van der Waals surface area contributed by atoms with E-state index >= 15 is 0 Å². The molecule has 4 rings (SSSR count). The van der Waals surface area contributed by atoms with E-state index < -0.39 is 12.1 Å². The summed E-state index contributed by atoms with van der Waals surface area (Å²) in [6, 6.07) is 12.8. The van der Waals surface area contributed by atoms with Crippen molar-refractivity contribution in [3.63, 3.8) is 0 Å². The molecule has 1 N–H and O–H groups in total. The Kier molecular flexibility index (Phi) is 6.90. The van der Waals surface area contributed by atoms with Crippen LogP contribution < -0.4 is 5.32 Å². The molecule has 1 aromatic carbocycles. The van der Waals surface area contributed by atoms with Gasteiger partial charge in [0.05, 0.1) is 16.8 Å². The third-order valence-corrected chi connectivity index (χ3v) is 5.70. The van der Waals surface area contributed by atoms with Gasteiger partial charge in [-0.2, -0.15) is 0 Å². The van der Waals surface area contributed by atoms with Crippen molar-refractivity contribution in [2.75, 3.05) is 6.54 Å². The summed E-state index contributed by atoms with van der Waals surface area (Å²) in [4.78, 5) is 34.2. The van der Waals surface area contributed by atoms with Gasteiger partial charge >= 0.3 is 5.97 Å². The van der Waals surface area contributed by atoms with Gasteiger partial charge in [0.25, 0.3) is 5.91 Å². The number of esters is 1. The summed E-state index contributed by atoms with van der Waals surface area (Å²) >= 11 is 0. The summed E-state index contributed by atoms with van der Waals surface area (Å²) in [6.45, 7) is 2.15. The third-order valence-electron chi connectivity index (χ3n) is 5.70. The maximum absolute atomic E-state index is 13.0. The van der Waals surface area contributed by atoms with Gasteiger partial charge in [-0.15, -0.1) is 0 Å². The Morgan fingerprint density at radius 2 is 1.94 bits per heavy atom. The number of aromatic nitrogens is 2. The highest BCUT2D eigenvalue weighted by Gasteiger charge is 2.21. The lowest BCUT2D eigenvalue weighted by molar-refractivity contribution is -0.129. The smallest absolute Gasteiger partial charge is 0.339 e. The number of nitrogens with one attached hydrogen (secondary N) is 1. The number of carbonyl (C=O) groups excluding carboxylic acids is 2. The van der Waals surface area contributed by atoms with Gasteiger partial charge in [0.2, 0.25) is 0 Å². The summed E-state index contributed by atoms with van der Waals surface area (Å²) in [5.41, 5.74) is 3.97. The average Bonchev–Trinajstić information content (AvgIpc) is 2.84. The Balaban J connectivity index is 1.46. The first-order valence-corrected chi connectivity index (χ1v) is 11.1. The van der Waals surface area contributed by atoms with Crippen molar-refractivity contribution in [2.45, 2.75) is 45.1 Å². The molecule has 6 nitrogen and oxygen atoms in total. The van der Waals surface area contributed by atoms with Crippen LogP contribution in [0.1, 0.15) is 49.4 Å². The second-order valence-electron chi connectivity index (χ2n) is 8.00. The number of para-hydroxylation sites is 1. The number of hydrogen-bond donors (Lipinski definition) is 1. The molecule has 3 aromatic rings. The molecule has 32 heavy (non-hydrogen) atoms. The minimum atomic E-state index is -0.890. The summed E-state index contributed by atoms with van der Waals surface area (Å²) in [6.07, 6.45) is 10.3. The quantitative estimate of drug-likeness (QED) is 0.429. The van der Waals surface area contributed by atoms with Gasteiger partial charge in [-0.1, -0.05) is 29.8 Å². The second kappa shape index (κ2) is 10.2. The van der Waals surface area contributed by atoms with E-state index in [0.717, 1.165) is 24.8 Å². The highest BCUT2D eigenvalue weighted by Crippen LogP contribution is 2.25. The molecule has 0 unspecified atom stereocenters. The topological polar surface area (TPSA) is 81.2 Å². The van der Waals surface area contributed by atoms with Crippen LogP contribution in [0.3, 0.4) is 0 Å². The second-order valence-corrected chi connectivity index (χ2v) is 8.00. The van der Waals surface area contributed by atoms with Crippen molar-refractivity contribution < 1.29 is 14.3 Å². The van der Waals surface area contributed by atoms with Crippen LogP contribution in [0, 0.1) is 0 Å². The van der Waals surface area contributed by atoms with E-state index in [1.165, 1.54) is 18.4 Å². The van der Waals surface area contributed by atoms with Crippen LogP contribution in [0.5, 0.6) is 0 Å². The standard InChI is InChI=1S/C26H27N3O3/c1-18(25(30)28-16-11-19-7-3-2-4-8-19)32-26(31)22-17-24(20-12-14-27-15-13-20)29-23-10-6-5-9-21(22)23/h5-7,9-10,12-15,17-18H,2-4,8,11,16H2,1H3,(H,28,30)/t18-/m1/s1. The van der Waals surface area contributed by atoms with E-state index in [4.69, 9.17) is 4.74 Å². The number of allylic oxidation sites excluding steroid dienone is 1. The molecule has 0 bridgehead atoms. The van der Waals surface area contributed by atoms with Gasteiger partial charge in [0, 0.05) is 29.9 Å². The van der Waals surface area contributed by atoms with Crippen LogP contribution >= 0.6 is 0 Å². The van der Waals surface area contributed by atoms with Gasteiger partial charge in [-0.3, -0.25) is 9.78 Å². The lowest BCUT2D eigenvalue weighted by atomic mass is 9.97. The monoisotopic (exact) mass is 429 g/mol. The molecular formula is C26H27N3O3. The Hall–Kier alpha value is -3.54. The highest BCUT2D eigenvalue weighted by molar-refractivity contribution is 6.05. The molecule has 0 aliphatic heterocycles. The van der Waals surface area contributed by atoms with Crippen LogP contribution in [0.25, 0.3) is 22.2 Å². The number of ether oxygens (including phenoxy) is 1. The van der Waals surface area contributed by atoms with Crippen LogP contribution in [0.15, 0.2) is 66.5 Å². The zero-order chi connectivity index (χ0) is 22.3. The van der Waals surface area contributed by atoms with Gasteiger partial charge in [-0.25, -0.2) is 9.78 Å². The van der Waals surface area contributed by atoms with Crippen molar-refractivity contribution in [3.05, 3.63) is 72.1 Å². The largest absolute Gasteiger partial charge is 0.449 e.